The summed E-state index contributed by atoms with van der Waals surface area (Å²) in [7, 11) is 1.73. The molecule has 0 heterocycles. The van der Waals surface area contributed by atoms with Crippen molar-refractivity contribution in [2.45, 2.75) is 65.8 Å². The van der Waals surface area contributed by atoms with Gasteiger partial charge in [0.15, 0.2) is 0 Å². The van der Waals surface area contributed by atoms with E-state index in [9.17, 15) is 0 Å². The Morgan fingerprint density at radius 2 is 1.86 bits per heavy atom. The molecule has 0 saturated heterocycles. The van der Waals surface area contributed by atoms with E-state index < -0.39 is 0 Å². The van der Waals surface area contributed by atoms with Crippen LogP contribution >= 0.6 is 0 Å². The second kappa shape index (κ2) is 9.81. The average molecular weight is 299 g/mol. The van der Waals surface area contributed by atoms with Gasteiger partial charge in [-0.1, -0.05) is 27.7 Å². The molecule has 0 amide bonds. The van der Waals surface area contributed by atoms with Crippen LogP contribution in [-0.2, 0) is 9.47 Å². The number of rotatable bonds is 9. The van der Waals surface area contributed by atoms with Crippen LogP contribution in [0.15, 0.2) is 0 Å². The summed E-state index contributed by atoms with van der Waals surface area (Å²) < 4.78 is 10.7. The average Bonchev–Trinajstić information content (AvgIpc) is 2.44. The van der Waals surface area contributed by atoms with Gasteiger partial charge < -0.3 is 14.8 Å². The van der Waals surface area contributed by atoms with Gasteiger partial charge in [0.05, 0.1) is 13.2 Å². The van der Waals surface area contributed by atoms with Gasteiger partial charge in [0, 0.05) is 19.8 Å². The third kappa shape index (κ3) is 7.12. The lowest BCUT2D eigenvalue weighted by Crippen LogP contribution is -2.43. The summed E-state index contributed by atoms with van der Waals surface area (Å²) in [5.74, 6) is 1.61. The maximum Gasteiger partial charge on any atom is 0.0700 e. The van der Waals surface area contributed by atoms with Gasteiger partial charge in [-0.15, -0.1) is 0 Å². The first-order chi connectivity index (χ1) is 9.99. The summed E-state index contributed by atoms with van der Waals surface area (Å²) in [4.78, 5) is 0. The first-order valence-corrected chi connectivity index (χ1v) is 8.79. The van der Waals surface area contributed by atoms with Crippen LogP contribution in [0.1, 0.15) is 59.8 Å². The van der Waals surface area contributed by atoms with Gasteiger partial charge in [-0.25, -0.2) is 0 Å². The Balaban J connectivity index is 2.44. The Kier molecular flexibility index (Phi) is 8.84. The number of hydrogen-bond donors (Lipinski definition) is 1. The van der Waals surface area contributed by atoms with Gasteiger partial charge >= 0.3 is 0 Å². The van der Waals surface area contributed by atoms with Crippen LogP contribution in [-0.4, -0.2) is 39.5 Å². The first kappa shape index (κ1) is 18.9. The lowest BCUT2D eigenvalue weighted by molar-refractivity contribution is 0.0461. The van der Waals surface area contributed by atoms with Crippen molar-refractivity contribution in [3.8, 4) is 0 Å². The van der Waals surface area contributed by atoms with E-state index in [2.05, 4.69) is 33.0 Å². The van der Waals surface area contributed by atoms with Crippen LogP contribution in [0.4, 0.5) is 0 Å². The molecule has 0 radical (unpaired) electrons. The largest absolute Gasteiger partial charge is 0.382 e. The molecule has 0 aromatic rings. The highest BCUT2D eigenvalue weighted by Gasteiger charge is 2.35. The lowest BCUT2D eigenvalue weighted by atomic mass is 9.67. The van der Waals surface area contributed by atoms with E-state index >= 15 is 0 Å². The van der Waals surface area contributed by atoms with E-state index in [1.807, 2.05) is 0 Å². The number of ether oxygens (including phenoxy) is 2. The molecule has 0 aromatic heterocycles. The third-order valence-electron chi connectivity index (χ3n) is 4.93. The molecule has 21 heavy (non-hydrogen) atoms. The molecular formula is C18H37NO2. The molecule has 0 aromatic carbocycles. The summed E-state index contributed by atoms with van der Waals surface area (Å²) >= 11 is 0. The molecule has 1 fully saturated rings. The maximum absolute atomic E-state index is 5.70. The van der Waals surface area contributed by atoms with Gasteiger partial charge in [-0.3, -0.25) is 0 Å². The second-order valence-corrected chi connectivity index (χ2v) is 7.59. The highest BCUT2D eigenvalue weighted by atomic mass is 16.5. The summed E-state index contributed by atoms with van der Waals surface area (Å²) in [6.07, 6.45) is 6.43. The number of methoxy groups -OCH3 is 1. The molecule has 0 aliphatic heterocycles. The fourth-order valence-corrected chi connectivity index (χ4v) is 3.45. The van der Waals surface area contributed by atoms with E-state index in [0.29, 0.717) is 18.1 Å². The molecule has 3 heteroatoms. The van der Waals surface area contributed by atoms with Gasteiger partial charge in [-0.05, 0) is 55.9 Å². The zero-order chi connectivity index (χ0) is 15.7. The van der Waals surface area contributed by atoms with Crippen molar-refractivity contribution in [3.63, 3.8) is 0 Å². The van der Waals surface area contributed by atoms with E-state index in [1.54, 1.807) is 7.11 Å². The van der Waals surface area contributed by atoms with Crippen molar-refractivity contribution in [3.05, 3.63) is 0 Å². The normalized spacial score (nSPS) is 27.0. The number of nitrogens with one attached hydrogen (secondary N) is 1. The minimum Gasteiger partial charge on any atom is -0.382 e. The van der Waals surface area contributed by atoms with Crippen LogP contribution in [0.3, 0.4) is 0 Å². The van der Waals surface area contributed by atoms with Gasteiger partial charge in [0.1, 0.15) is 0 Å². The maximum atomic E-state index is 5.70. The van der Waals surface area contributed by atoms with E-state index in [0.717, 1.165) is 31.6 Å². The predicted molar refractivity (Wildman–Crippen MR) is 89.7 cm³/mol. The number of hydrogen-bond acceptors (Lipinski definition) is 3. The Hall–Kier alpha value is -0.120. The molecule has 3 atom stereocenters. The third-order valence-corrected chi connectivity index (χ3v) is 4.93. The molecule has 0 bridgehead atoms. The molecule has 126 valence electrons. The zero-order valence-electron chi connectivity index (χ0n) is 14.9. The molecular weight excluding hydrogens is 262 g/mol. The lowest BCUT2D eigenvalue weighted by Gasteiger charge is -2.42. The molecule has 0 spiro atoms. The SMILES string of the molecule is CCCNC1CCC(C(C)(C)C)CC1CCOCCOC. The second-order valence-electron chi connectivity index (χ2n) is 7.59. The van der Waals surface area contributed by atoms with E-state index in [1.165, 1.54) is 32.1 Å². The summed E-state index contributed by atoms with van der Waals surface area (Å²) in [5.41, 5.74) is 0.435. The molecule has 1 aliphatic carbocycles. The predicted octanol–water partition coefficient (Wildman–Crippen LogP) is 3.87. The molecule has 1 N–H and O–H groups in total. The monoisotopic (exact) mass is 299 g/mol. The molecule has 1 saturated carbocycles. The highest BCUT2D eigenvalue weighted by Crippen LogP contribution is 2.41. The summed E-state index contributed by atoms with van der Waals surface area (Å²) in [5, 5.41) is 3.77. The van der Waals surface area contributed by atoms with Crippen LogP contribution in [0, 0.1) is 17.3 Å². The minimum atomic E-state index is 0.435. The Labute approximate surface area is 132 Å². The van der Waals surface area contributed by atoms with E-state index in [4.69, 9.17) is 9.47 Å². The Bertz CT molecular complexity index is 262. The minimum absolute atomic E-state index is 0.435. The summed E-state index contributed by atoms with van der Waals surface area (Å²) in [6.45, 7) is 12.9. The smallest absolute Gasteiger partial charge is 0.0700 e. The van der Waals surface area contributed by atoms with Crippen molar-refractivity contribution < 1.29 is 9.47 Å². The Morgan fingerprint density at radius 3 is 2.48 bits per heavy atom. The van der Waals surface area contributed by atoms with Crippen molar-refractivity contribution >= 4 is 0 Å². The van der Waals surface area contributed by atoms with Gasteiger partial charge in [0.25, 0.3) is 0 Å². The highest BCUT2D eigenvalue weighted by molar-refractivity contribution is 4.88. The van der Waals surface area contributed by atoms with Gasteiger partial charge in [0.2, 0.25) is 0 Å². The van der Waals surface area contributed by atoms with Crippen LogP contribution in [0.2, 0.25) is 0 Å². The standard InChI is InChI=1S/C18H37NO2/c1-6-10-19-17-8-7-16(18(2,3)4)14-15(17)9-11-21-13-12-20-5/h15-17,19H,6-14H2,1-5H3. The quantitative estimate of drug-likeness (QED) is 0.656. The van der Waals surface area contributed by atoms with Gasteiger partial charge in [-0.2, -0.15) is 0 Å². The van der Waals surface area contributed by atoms with Crippen molar-refractivity contribution in [2.75, 3.05) is 33.5 Å². The molecule has 3 unspecified atom stereocenters. The Morgan fingerprint density at radius 1 is 1.10 bits per heavy atom. The molecule has 1 rings (SSSR count). The van der Waals surface area contributed by atoms with Crippen molar-refractivity contribution in [1.29, 1.82) is 0 Å². The fourth-order valence-electron chi connectivity index (χ4n) is 3.45. The van der Waals surface area contributed by atoms with Crippen molar-refractivity contribution in [2.24, 2.45) is 17.3 Å². The topological polar surface area (TPSA) is 30.5 Å². The summed E-state index contributed by atoms with van der Waals surface area (Å²) in [6, 6.07) is 0.689. The molecule has 1 aliphatic rings. The fraction of sp³-hybridized carbons (Fsp3) is 1.00. The zero-order valence-corrected chi connectivity index (χ0v) is 14.9. The van der Waals surface area contributed by atoms with E-state index in [-0.39, 0.29) is 0 Å². The van der Waals surface area contributed by atoms with Crippen LogP contribution < -0.4 is 5.32 Å². The first-order valence-electron chi connectivity index (χ1n) is 8.79. The van der Waals surface area contributed by atoms with Crippen LogP contribution in [0.25, 0.3) is 0 Å². The molecule has 3 nitrogen and oxygen atoms in total. The van der Waals surface area contributed by atoms with Crippen LogP contribution in [0.5, 0.6) is 0 Å². The van der Waals surface area contributed by atoms with Crippen molar-refractivity contribution in [1.82, 2.24) is 5.32 Å².